The monoisotopic (exact) mass is 670 g/mol. The van der Waals surface area contributed by atoms with E-state index < -0.39 is 14.3 Å². The van der Waals surface area contributed by atoms with Crippen LogP contribution in [0.4, 0.5) is 0 Å². The quantitative estimate of drug-likeness (QED) is 0.0628. The number of carboxylic acids is 1. The molecule has 258 valence electrons. The molecular weight excluding hydrogens is 617 g/mol. The van der Waals surface area contributed by atoms with Gasteiger partial charge in [0.1, 0.15) is 18.5 Å². The molecule has 48 heavy (non-hydrogen) atoms. The number of aliphatic carboxylic acids is 1. The van der Waals surface area contributed by atoms with E-state index in [9.17, 15) is 9.59 Å². The number of para-hydroxylation sites is 1. The minimum Gasteiger partial charge on any atom is -0.491 e. The Labute approximate surface area is 288 Å². The van der Waals surface area contributed by atoms with Crippen LogP contribution in [0.3, 0.4) is 0 Å². The first-order valence-electron chi connectivity index (χ1n) is 17.6. The Bertz CT molecular complexity index is 1460. The molecule has 0 bridgehead atoms. The Kier molecular flexibility index (Phi) is 13.6. The molecule has 0 amide bonds. The van der Waals surface area contributed by atoms with Crippen LogP contribution in [0.5, 0.6) is 5.75 Å². The molecule has 3 atom stereocenters. The lowest BCUT2D eigenvalue weighted by atomic mass is 9.89. The smallest absolute Gasteiger partial charge is 0.338 e. The zero-order valence-corrected chi connectivity index (χ0v) is 30.5. The molecular formula is C41H54O6Si. The minimum atomic E-state index is -2.05. The normalized spacial score (nSPS) is 17.1. The first kappa shape index (κ1) is 37.1. The minimum absolute atomic E-state index is 0.0617. The number of carbonyl (C=O) groups excluding carboxylic acids is 1. The third-order valence-electron chi connectivity index (χ3n) is 9.88. The van der Waals surface area contributed by atoms with E-state index in [1.165, 1.54) is 5.57 Å². The van der Waals surface area contributed by atoms with Crippen LogP contribution < -0.4 is 4.74 Å². The first-order chi connectivity index (χ1) is 22.9. The number of rotatable bonds is 18. The molecule has 0 aliphatic heterocycles. The molecule has 3 aromatic carbocycles. The number of unbranched alkanes of at least 4 members (excludes halogenated alkanes) is 3. The van der Waals surface area contributed by atoms with E-state index in [0.29, 0.717) is 25.0 Å². The summed E-state index contributed by atoms with van der Waals surface area (Å²) in [5.41, 5.74) is 4.04. The fourth-order valence-corrected chi connectivity index (χ4v) is 7.42. The van der Waals surface area contributed by atoms with Crippen molar-refractivity contribution in [2.24, 2.45) is 5.92 Å². The molecule has 0 spiro atoms. The van der Waals surface area contributed by atoms with Crippen LogP contribution in [0.15, 0.2) is 96.6 Å². The predicted octanol–water partition coefficient (Wildman–Crippen LogP) is 10.5. The summed E-state index contributed by atoms with van der Waals surface area (Å²) >= 11 is 0. The molecule has 0 saturated carbocycles. The Morgan fingerprint density at radius 2 is 1.48 bits per heavy atom. The Balaban J connectivity index is 1.43. The molecule has 0 aromatic heterocycles. The van der Waals surface area contributed by atoms with E-state index in [4.69, 9.17) is 19.0 Å². The molecule has 6 nitrogen and oxygen atoms in total. The van der Waals surface area contributed by atoms with E-state index in [0.717, 1.165) is 55.4 Å². The number of esters is 1. The molecule has 4 rings (SSSR count). The Hall–Kier alpha value is -3.68. The summed E-state index contributed by atoms with van der Waals surface area (Å²) in [4.78, 5) is 24.3. The van der Waals surface area contributed by atoms with Gasteiger partial charge in [-0.15, -0.1) is 0 Å². The van der Waals surface area contributed by atoms with Gasteiger partial charge in [-0.1, -0.05) is 112 Å². The third-order valence-corrected chi connectivity index (χ3v) is 14.4. The molecule has 3 aromatic rings. The zero-order chi connectivity index (χ0) is 34.6. The molecule has 0 heterocycles. The van der Waals surface area contributed by atoms with Crippen LogP contribution in [0.1, 0.15) is 88.9 Å². The van der Waals surface area contributed by atoms with Gasteiger partial charge in [-0.3, -0.25) is 4.79 Å². The highest BCUT2D eigenvalue weighted by molar-refractivity contribution is 6.74. The number of carbonyl (C=O) groups is 2. The number of hydrogen-bond donors (Lipinski definition) is 1. The van der Waals surface area contributed by atoms with Crippen molar-refractivity contribution in [3.63, 3.8) is 0 Å². The van der Waals surface area contributed by atoms with Gasteiger partial charge in [0.2, 0.25) is 0 Å². The summed E-state index contributed by atoms with van der Waals surface area (Å²) in [6.45, 7) is 11.8. The summed E-state index contributed by atoms with van der Waals surface area (Å²) in [7, 11) is -2.05. The third kappa shape index (κ3) is 11.2. The number of carboxylic acid groups (broad SMARTS) is 1. The number of benzene rings is 3. The van der Waals surface area contributed by atoms with Gasteiger partial charge in [-0.25, -0.2) is 4.79 Å². The molecule has 1 aliphatic rings. The van der Waals surface area contributed by atoms with Gasteiger partial charge >= 0.3 is 11.9 Å². The second-order valence-electron chi connectivity index (χ2n) is 14.5. The number of hydrogen-bond acceptors (Lipinski definition) is 5. The molecule has 0 radical (unpaired) electrons. The van der Waals surface area contributed by atoms with Crippen LogP contribution in [0.25, 0.3) is 11.1 Å². The highest BCUT2D eigenvalue weighted by Crippen LogP contribution is 2.40. The van der Waals surface area contributed by atoms with Crippen molar-refractivity contribution in [2.75, 3.05) is 6.61 Å². The van der Waals surface area contributed by atoms with Crippen molar-refractivity contribution in [3.05, 3.63) is 102 Å². The van der Waals surface area contributed by atoms with Gasteiger partial charge in [0.05, 0.1) is 11.7 Å². The number of ether oxygens (including phenoxy) is 2. The molecule has 0 unspecified atom stereocenters. The van der Waals surface area contributed by atoms with Crippen molar-refractivity contribution in [1.29, 1.82) is 0 Å². The van der Waals surface area contributed by atoms with Gasteiger partial charge in [0.15, 0.2) is 8.32 Å². The van der Waals surface area contributed by atoms with E-state index in [1.54, 1.807) is 0 Å². The van der Waals surface area contributed by atoms with Crippen LogP contribution in [-0.2, 0) is 14.0 Å². The fourth-order valence-electron chi connectivity index (χ4n) is 6.04. The average Bonchev–Trinajstić information content (AvgIpc) is 3.44. The van der Waals surface area contributed by atoms with E-state index in [2.05, 4.69) is 52.1 Å². The molecule has 1 aliphatic carbocycles. The zero-order valence-electron chi connectivity index (χ0n) is 29.5. The second kappa shape index (κ2) is 17.6. The van der Waals surface area contributed by atoms with Crippen molar-refractivity contribution < 1.29 is 28.6 Å². The maximum absolute atomic E-state index is 13.4. The van der Waals surface area contributed by atoms with Crippen molar-refractivity contribution in [1.82, 2.24) is 0 Å². The standard InChI is InChI=1S/C41H54O6Si/c1-41(2,3)48(4,5)47-36(30-45-35-18-12-9-13-19-35)28-26-33-27-29-38(37(33)20-14-6-7-15-21-39(42)43)46-40(44)34-24-22-32(23-25-34)31-16-10-8-11-17-31/h8-13,16-19,22-25,27,36-38H,6-7,14-15,20-21,26,28-30H2,1-5H3,(H,42,43)/t36-,37+,38-/m0/s1. The molecule has 1 N–H and O–H groups in total. The summed E-state index contributed by atoms with van der Waals surface area (Å²) in [5.74, 6) is -0.0758. The van der Waals surface area contributed by atoms with E-state index in [1.807, 2.05) is 72.8 Å². The average molecular weight is 671 g/mol. The lowest BCUT2D eigenvalue weighted by Crippen LogP contribution is -2.45. The maximum atomic E-state index is 13.4. The van der Waals surface area contributed by atoms with Gasteiger partial charge in [-0.2, -0.15) is 0 Å². The van der Waals surface area contributed by atoms with Crippen LogP contribution >= 0.6 is 0 Å². The van der Waals surface area contributed by atoms with Crippen molar-refractivity contribution in [2.45, 2.75) is 109 Å². The maximum Gasteiger partial charge on any atom is 0.338 e. The highest BCUT2D eigenvalue weighted by Gasteiger charge is 2.40. The molecule has 7 heteroatoms. The lowest BCUT2D eigenvalue weighted by Gasteiger charge is -2.39. The SMILES string of the molecule is CC(C)(C)[Si](C)(C)O[C@@H](CCC1=CC[C@H](OC(=O)c2ccc(-c3ccccc3)cc2)[C@@H]1CCCCCCC(=O)O)COc1ccccc1. The van der Waals surface area contributed by atoms with Crippen molar-refractivity contribution in [3.8, 4) is 16.9 Å². The van der Waals surface area contributed by atoms with E-state index >= 15 is 0 Å². The van der Waals surface area contributed by atoms with Gasteiger partial charge < -0.3 is 19.0 Å². The summed E-state index contributed by atoms with van der Waals surface area (Å²) in [6, 6.07) is 27.7. The summed E-state index contributed by atoms with van der Waals surface area (Å²) in [5, 5.41) is 9.09. The predicted molar refractivity (Wildman–Crippen MR) is 196 cm³/mol. The second-order valence-corrected chi connectivity index (χ2v) is 19.3. The highest BCUT2D eigenvalue weighted by atomic mass is 28.4. The molecule has 0 fully saturated rings. The van der Waals surface area contributed by atoms with Gasteiger partial charge in [-0.05, 0) is 79.2 Å². The van der Waals surface area contributed by atoms with Crippen LogP contribution in [0.2, 0.25) is 18.1 Å². The fraction of sp³-hybridized carbons (Fsp3) is 0.463. The van der Waals surface area contributed by atoms with Crippen LogP contribution in [0, 0.1) is 5.92 Å². The summed E-state index contributed by atoms with van der Waals surface area (Å²) < 4.78 is 19.3. The van der Waals surface area contributed by atoms with Crippen LogP contribution in [-0.4, -0.2) is 44.2 Å². The van der Waals surface area contributed by atoms with Gasteiger partial charge in [0, 0.05) is 18.8 Å². The molecule has 0 saturated heterocycles. The Morgan fingerprint density at radius 1 is 0.854 bits per heavy atom. The van der Waals surface area contributed by atoms with E-state index in [-0.39, 0.29) is 35.6 Å². The van der Waals surface area contributed by atoms with Crippen molar-refractivity contribution >= 4 is 20.3 Å². The lowest BCUT2D eigenvalue weighted by molar-refractivity contribution is -0.137. The largest absolute Gasteiger partial charge is 0.491 e. The van der Waals surface area contributed by atoms with Gasteiger partial charge in [0.25, 0.3) is 0 Å². The first-order valence-corrected chi connectivity index (χ1v) is 20.5. The topological polar surface area (TPSA) is 82.1 Å². The Morgan fingerprint density at radius 3 is 2.12 bits per heavy atom. The summed E-state index contributed by atoms with van der Waals surface area (Å²) in [6.07, 6.45) is 8.95.